The first kappa shape index (κ1) is 14.2. The number of nitrogens with one attached hydrogen (secondary N) is 1. The third-order valence-electron chi connectivity index (χ3n) is 3.68. The van der Waals surface area contributed by atoms with Crippen LogP contribution < -0.4 is 5.32 Å². The van der Waals surface area contributed by atoms with Crippen LogP contribution in [0.1, 0.15) is 18.1 Å². The Morgan fingerprint density at radius 3 is 2.76 bits per heavy atom. The van der Waals surface area contributed by atoms with Crippen LogP contribution in [0.15, 0.2) is 41.1 Å². The number of amides is 1. The first-order valence-corrected chi connectivity index (χ1v) is 7.52. The van der Waals surface area contributed by atoms with Gasteiger partial charge in [-0.3, -0.25) is 15.0 Å². The quantitative estimate of drug-likeness (QED) is 0.927. The second kappa shape index (κ2) is 5.91. The minimum Gasteiger partial charge on any atom is -0.293 e. The fraction of sp³-hybridized carbons (Fsp3) is 0.267. The average molecular weight is 347 g/mol. The Morgan fingerprint density at radius 2 is 2.05 bits per heavy atom. The maximum atomic E-state index is 12.3. The molecule has 1 aromatic heterocycles. The topological polar surface area (TPSA) is 58.1 Å². The molecule has 1 aliphatic heterocycles. The fourth-order valence-corrected chi connectivity index (χ4v) is 2.96. The molecule has 1 amide bonds. The lowest BCUT2D eigenvalue weighted by Gasteiger charge is -2.22. The van der Waals surface area contributed by atoms with Gasteiger partial charge in [-0.2, -0.15) is 0 Å². The Balaban J connectivity index is 1.69. The Labute approximate surface area is 131 Å². The molecule has 1 atom stereocenters. The summed E-state index contributed by atoms with van der Waals surface area (Å²) < 4.78 is 1.10. The third kappa shape index (κ3) is 2.96. The van der Waals surface area contributed by atoms with Crippen molar-refractivity contribution in [2.24, 2.45) is 0 Å². The molecule has 0 radical (unpaired) electrons. The van der Waals surface area contributed by atoms with Crippen LogP contribution in [0.4, 0.5) is 5.95 Å². The summed E-state index contributed by atoms with van der Waals surface area (Å²) in [5.74, 6) is 0.248. The smallest absolute Gasteiger partial charge is 0.243 e. The number of halogens is 1. The van der Waals surface area contributed by atoms with Crippen molar-refractivity contribution in [3.63, 3.8) is 0 Å². The number of carbonyl (C=O) groups is 1. The van der Waals surface area contributed by atoms with Gasteiger partial charge in [-0.1, -0.05) is 28.1 Å². The Kier molecular flexibility index (Phi) is 3.98. The second-order valence-corrected chi connectivity index (χ2v) is 5.87. The van der Waals surface area contributed by atoms with Gasteiger partial charge in [-0.25, -0.2) is 9.97 Å². The molecule has 108 valence electrons. The zero-order chi connectivity index (χ0) is 14.8. The van der Waals surface area contributed by atoms with Gasteiger partial charge >= 0.3 is 0 Å². The molecule has 2 aromatic rings. The largest absolute Gasteiger partial charge is 0.293 e. The van der Waals surface area contributed by atoms with E-state index in [1.807, 2.05) is 19.1 Å². The predicted molar refractivity (Wildman–Crippen MR) is 83.5 cm³/mol. The molecule has 1 aromatic carbocycles. The van der Waals surface area contributed by atoms with Crippen LogP contribution >= 0.6 is 15.9 Å². The molecular weight excluding hydrogens is 332 g/mol. The van der Waals surface area contributed by atoms with Crippen LogP contribution in [0.3, 0.4) is 0 Å². The van der Waals surface area contributed by atoms with E-state index < -0.39 is 0 Å². The van der Waals surface area contributed by atoms with E-state index in [-0.39, 0.29) is 11.9 Å². The van der Waals surface area contributed by atoms with E-state index in [2.05, 4.69) is 42.2 Å². The van der Waals surface area contributed by atoms with Crippen molar-refractivity contribution >= 4 is 27.8 Å². The van der Waals surface area contributed by atoms with E-state index in [1.54, 1.807) is 18.5 Å². The summed E-state index contributed by atoms with van der Waals surface area (Å²) in [4.78, 5) is 22.4. The van der Waals surface area contributed by atoms with E-state index in [0.29, 0.717) is 5.95 Å². The van der Waals surface area contributed by atoms with Crippen LogP contribution in [-0.4, -0.2) is 26.8 Å². The summed E-state index contributed by atoms with van der Waals surface area (Å²) in [6.45, 7) is 3.44. The number of anilines is 1. The molecule has 1 N–H and O–H groups in total. The Bertz CT molecular complexity index is 662. The standard InChI is InChI=1S/C15H15BrN4O/c1-10(14(21)19-15-17-6-3-7-18-15)20-8-11-4-2-5-13(16)12(11)9-20/h2-7,10H,8-9H2,1H3,(H,17,18,19,21). The maximum Gasteiger partial charge on any atom is 0.243 e. The van der Waals surface area contributed by atoms with E-state index in [4.69, 9.17) is 0 Å². The minimum atomic E-state index is -0.242. The highest BCUT2D eigenvalue weighted by Crippen LogP contribution is 2.30. The molecule has 0 bridgehead atoms. The molecule has 0 aliphatic carbocycles. The monoisotopic (exact) mass is 346 g/mol. The predicted octanol–water partition coefficient (Wildman–Crippen LogP) is 2.58. The molecule has 6 heteroatoms. The summed E-state index contributed by atoms with van der Waals surface area (Å²) in [6, 6.07) is 7.63. The van der Waals surface area contributed by atoms with E-state index in [0.717, 1.165) is 17.6 Å². The van der Waals surface area contributed by atoms with Gasteiger partial charge in [-0.15, -0.1) is 0 Å². The lowest BCUT2D eigenvalue weighted by Crippen LogP contribution is -2.39. The molecule has 0 saturated carbocycles. The summed E-state index contributed by atoms with van der Waals surface area (Å²) in [7, 11) is 0. The molecular formula is C15H15BrN4O. The minimum absolute atomic E-state index is 0.0925. The van der Waals surface area contributed by atoms with E-state index >= 15 is 0 Å². The van der Waals surface area contributed by atoms with Gasteiger partial charge in [-0.05, 0) is 30.2 Å². The highest BCUT2D eigenvalue weighted by molar-refractivity contribution is 9.10. The summed E-state index contributed by atoms with van der Waals surface area (Å²) >= 11 is 3.57. The van der Waals surface area contributed by atoms with E-state index in [1.165, 1.54) is 11.1 Å². The first-order chi connectivity index (χ1) is 10.1. The number of hydrogen-bond acceptors (Lipinski definition) is 4. The zero-order valence-corrected chi connectivity index (χ0v) is 13.2. The van der Waals surface area contributed by atoms with Crippen molar-refractivity contribution < 1.29 is 4.79 Å². The van der Waals surface area contributed by atoms with Gasteiger partial charge < -0.3 is 0 Å². The number of benzene rings is 1. The van der Waals surface area contributed by atoms with Gasteiger partial charge in [0.2, 0.25) is 11.9 Å². The molecule has 3 rings (SSSR count). The second-order valence-electron chi connectivity index (χ2n) is 5.02. The van der Waals surface area contributed by atoms with Crippen LogP contribution in [0, 0.1) is 0 Å². The van der Waals surface area contributed by atoms with Gasteiger partial charge in [0.25, 0.3) is 0 Å². The lowest BCUT2D eigenvalue weighted by molar-refractivity contribution is -0.121. The van der Waals surface area contributed by atoms with Crippen molar-refractivity contribution in [2.45, 2.75) is 26.1 Å². The zero-order valence-electron chi connectivity index (χ0n) is 11.6. The SMILES string of the molecule is CC(C(=O)Nc1ncccn1)N1Cc2cccc(Br)c2C1. The number of aromatic nitrogens is 2. The molecule has 0 saturated heterocycles. The summed E-state index contributed by atoms with van der Waals surface area (Å²) in [6.07, 6.45) is 3.21. The number of hydrogen-bond donors (Lipinski definition) is 1. The number of fused-ring (bicyclic) bond motifs is 1. The number of nitrogens with zero attached hydrogens (tertiary/aromatic N) is 3. The highest BCUT2D eigenvalue weighted by atomic mass is 79.9. The lowest BCUT2D eigenvalue weighted by atomic mass is 10.1. The van der Waals surface area contributed by atoms with Gasteiger partial charge in [0, 0.05) is 30.0 Å². The summed E-state index contributed by atoms with van der Waals surface area (Å²) in [5, 5.41) is 2.75. The van der Waals surface area contributed by atoms with Crippen LogP contribution in [0.5, 0.6) is 0 Å². The molecule has 0 fully saturated rings. The third-order valence-corrected chi connectivity index (χ3v) is 4.42. The molecule has 1 aliphatic rings. The normalized spacial score (nSPS) is 15.5. The maximum absolute atomic E-state index is 12.3. The van der Waals surface area contributed by atoms with Crippen molar-refractivity contribution in [3.05, 3.63) is 52.3 Å². The Hall–Kier alpha value is -1.79. The average Bonchev–Trinajstić information content (AvgIpc) is 2.93. The molecule has 5 nitrogen and oxygen atoms in total. The van der Waals surface area contributed by atoms with Crippen LogP contribution in [-0.2, 0) is 17.9 Å². The van der Waals surface area contributed by atoms with Gasteiger partial charge in [0.15, 0.2) is 0 Å². The van der Waals surface area contributed by atoms with Crippen molar-refractivity contribution in [1.82, 2.24) is 14.9 Å². The van der Waals surface area contributed by atoms with Crippen LogP contribution in [0.25, 0.3) is 0 Å². The summed E-state index contributed by atoms with van der Waals surface area (Å²) in [5.41, 5.74) is 2.52. The first-order valence-electron chi connectivity index (χ1n) is 6.73. The molecule has 0 spiro atoms. The Morgan fingerprint density at radius 1 is 1.29 bits per heavy atom. The highest BCUT2D eigenvalue weighted by Gasteiger charge is 2.28. The van der Waals surface area contributed by atoms with Gasteiger partial charge in [0.05, 0.1) is 6.04 Å². The van der Waals surface area contributed by atoms with Crippen molar-refractivity contribution in [2.75, 3.05) is 5.32 Å². The molecule has 21 heavy (non-hydrogen) atoms. The number of rotatable bonds is 3. The molecule has 1 unspecified atom stereocenters. The number of carbonyl (C=O) groups excluding carboxylic acids is 1. The molecule has 2 heterocycles. The van der Waals surface area contributed by atoms with Crippen molar-refractivity contribution in [3.8, 4) is 0 Å². The fourth-order valence-electron chi connectivity index (χ4n) is 2.42. The van der Waals surface area contributed by atoms with Crippen LogP contribution in [0.2, 0.25) is 0 Å². The van der Waals surface area contributed by atoms with E-state index in [9.17, 15) is 4.79 Å². The van der Waals surface area contributed by atoms with Gasteiger partial charge in [0.1, 0.15) is 0 Å². The van der Waals surface area contributed by atoms with Crippen molar-refractivity contribution in [1.29, 1.82) is 0 Å².